The highest BCUT2D eigenvalue weighted by Crippen LogP contribution is 2.32. The van der Waals surface area contributed by atoms with Crippen LogP contribution in [0, 0.1) is 0 Å². The third-order valence-electron chi connectivity index (χ3n) is 4.91. The fourth-order valence-electron chi connectivity index (χ4n) is 3.53. The lowest BCUT2D eigenvalue weighted by molar-refractivity contribution is -0.116. The Hall–Kier alpha value is -2.63. The zero-order chi connectivity index (χ0) is 22.9. The lowest BCUT2D eigenvalue weighted by Crippen LogP contribution is -2.40. The van der Waals surface area contributed by atoms with E-state index in [1.807, 2.05) is 31.2 Å². The summed E-state index contributed by atoms with van der Waals surface area (Å²) in [5, 5.41) is 9.39. The Balaban J connectivity index is 0.00000385. The largest absolute Gasteiger partial charge is 0.490 e. The van der Waals surface area contributed by atoms with Crippen molar-refractivity contribution in [3.63, 3.8) is 0 Å². The molecule has 180 valence electrons. The monoisotopic (exact) mass is 574 g/mol. The average molecular weight is 574 g/mol. The predicted octanol–water partition coefficient (Wildman–Crippen LogP) is 4.49. The smallest absolute Gasteiger partial charge is 0.387 e. The van der Waals surface area contributed by atoms with E-state index in [9.17, 15) is 13.6 Å². The fraction of sp³-hybridized carbons (Fsp3) is 0.391. The Kier molecular flexibility index (Phi) is 10.6. The van der Waals surface area contributed by atoms with Crippen molar-refractivity contribution in [2.24, 2.45) is 4.99 Å². The highest BCUT2D eigenvalue weighted by molar-refractivity contribution is 14.0. The predicted molar refractivity (Wildman–Crippen MR) is 135 cm³/mol. The Morgan fingerprint density at radius 1 is 1.18 bits per heavy atom. The van der Waals surface area contributed by atoms with Crippen LogP contribution in [-0.2, 0) is 11.3 Å². The summed E-state index contributed by atoms with van der Waals surface area (Å²) in [6.45, 7) is 2.66. The van der Waals surface area contributed by atoms with Crippen molar-refractivity contribution in [1.82, 2.24) is 10.6 Å². The molecule has 33 heavy (non-hydrogen) atoms. The molecule has 1 aliphatic rings. The summed E-state index contributed by atoms with van der Waals surface area (Å²) in [5.41, 5.74) is 2.72. The number of anilines is 1. The van der Waals surface area contributed by atoms with Crippen molar-refractivity contribution in [3.8, 4) is 11.5 Å². The van der Waals surface area contributed by atoms with Gasteiger partial charge in [-0.2, -0.15) is 8.78 Å². The van der Waals surface area contributed by atoms with Gasteiger partial charge in [-0.25, -0.2) is 4.99 Å². The number of halogens is 3. The number of hydrogen-bond donors (Lipinski definition) is 3. The van der Waals surface area contributed by atoms with Gasteiger partial charge in [0, 0.05) is 31.1 Å². The summed E-state index contributed by atoms with van der Waals surface area (Å²) in [6.07, 6.45) is 0.396. The lowest BCUT2D eigenvalue weighted by Gasteiger charge is -2.26. The molecule has 10 heteroatoms. The molecule has 0 saturated carbocycles. The van der Waals surface area contributed by atoms with E-state index in [0.717, 1.165) is 16.8 Å². The summed E-state index contributed by atoms with van der Waals surface area (Å²) in [7, 11) is 0. The van der Waals surface area contributed by atoms with Crippen LogP contribution in [0.1, 0.15) is 37.3 Å². The van der Waals surface area contributed by atoms with Crippen molar-refractivity contribution in [2.75, 3.05) is 25.0 Å². The van der Waals surface area contributed by atoms with E-state index < -0.39 is 6.61 Å². The van der Waals surface area contributed by atoms with Crippen molar-refractivity contribution in [3.05, 3.63) is 53.6 Å². The zero-order valence-corrected chi connectivity index (χ0v) is 20.9. The third kappa shape index (κ3) is 7.72. The molecular weight excluding hydrogens is 545 g/mol. The van der Waals surface area contributed by atoms with Crippen LogP contribution in [-0.4, -0.2) is 38.2 Å². The molecule has 1 amide bonds. The number of benzene rings is 2. The van der Waals surface area contributed by atoms with Gasteiger partial charge in [0.15, 0.2) is 17.5 Å². The van der Waals surface area contributed by atoms with Crippen LogP contribution in [0.4, 0.5) is 14.5 Å². The standard InChI is InChI=1S/C23H28F2N4O3.HI/c1-3-26-23(28-14-16-12-21(30)29-18-8-6-5-7-17(16)18)27-13-15-9-10-19(32-22(24)25)20(11-15)31-4-2;/h5-11,16,22H,3-4,12-14H2,1-2H3,(H,29,30)(H2,26,27,28);1H. The normalized spacial score (nSPS) is 15.2. The van der Waals surface area contributed by atoms with E-state index in [0.29, 0.717) is 38.6 Å². The summed E-state index contributed by atoms with van der Waals surface area (Å²) < 4.78 is 35.1. The first kappa shape index (κ1) is 26.6. The van der Waals surface area contributed by atoms with Gasteiger partial charge < -0.3 is 25.4 Å². The van der Waals surface area contributed by atoms with Crippen LogP contribution in [0.5, 0.6) is 11.5 Å². The number of amides is 1. The molecule has 2 aromatic rings. The van der Waals surface area contributed by atoms with Crippen LogP contribution in [0.15, 0.2) is 47.5 Å². The second-order valence-electron chi connectivity index (χ2n) is 7.21. The maximum Gasteiger partial charge on any atom is 0.387 e. The van der Waals surface area contributed by atoms with Gasteiger partial charge in [0.05, 0.1) is 13.2 Å². The Labute approximate surface area is 209 Å². The first-order valence-electron chi connectivity index (χ1n) is 10.6. The van der Waals surface area contributed by atoms with Crippen molar-refractivity contribution in [2.45, 2.75) is 39.3 Å². The number of ether oxygens (including phenoxy) is 2. The molecule has 0 fully saturated rings. The number of guanidine groups is 1. The SMILES string of the molecule is CCNC(=NCc1ccc(OC(F)F)c(OCC)c1)NCC1CC(=O)Nc2ccccc21.I. The van der Waals surface area contributed by atoms with E-state index in [-0.39, 0.29) is 47.3 Å². The second-order valence-corrected chi connectivity index (χ2v) is 7.21. The van der Waals surface area contributed by atoms with Gasteiger partial charge >= 0.3 is 6.61 Å². The van der Waals surface area contributed by atoms with Gasteiger partial charge in [-0.15, -0.1) is 24.0 Å². The zero-order valence-electron chi connectivity index (χ0n) is 18.6. The van der Waals surface area contributed by atoms with Crippen molar-refractivity contribution >= 4 is 41.5 Å². The Bertz CT molecular complexity index is 959. The number of carbonyl (C=O) groups excluding carboxylic acids is 1. The van der Waals surface area contributed by atoms with Gasteiger partial charge in [0.25, 0.3) is 0 Å². The highest BCUT2D eigenvalue weighted by Gasteiger charge is 2.24. The van der Waals surface area contributed by atoms with Gasteiger partial charge in [0.1, 0.15) is 0 Å². The van der Waals surface area contributed by atoms with E-state index >= 15 is 0 Å². The molecule has 0 radical (unpaired) electrons. The first-order valence-corrected chi connectivity index (χ1v) is 10.6. The topological polar surface area (TPSA) is 84.0 Å². The lowest BCUT2D eigenvalue weighted by atomic mass is 9.90. The average Bonchev–Trinajstić information content (AvgIpc) is 2.76. The van der Waals surface area contributed by atoms with Crippen LogP contribution in [0.3, 0.4) is 0 Å². The molecule has 1 atom stereocenters. The van der Waals surface area contributed by atoms with Gasteiger partial charge in [-0.3, -0.25) is 4.79 Å². The molecule has 3 rings (SSSR count). The number of alkyl halides is 2. The molecule has 1 unspecified atom stereocenters. The van der Waals surface area contributed by atoms with Gasteiger partial charge in [0.2, 0.25) is 5.91 Å². The van der Waals surface area contributed by atoms with Crippen LogP contribution >= 0.6 is 24.0 Å². The van der Waals surface area contributed by atoms with E-state index in [4.69, 9.17) is 4.74 Å². The van der Waals surface area contributed by atoms with Crippen molar-refractivity contribution < 1.29 is 23.0 Å². The number of aliphatic imine (C=N–C) groups is 1. The molecule has 0 aromatic heterocycles. The highest BCUT2D eigenvalue weighted by atomic mass is 127. The molecular formula is C23H29F2IN4O3. The van der Waals surface area contributed by atoms with Gasteiger partial charge in [-0.1, -0.05) is 24.3 Å². The maximum atomic E-state index is 12.6. The number of carbonyl (C=O) groups is 1. The van der Waals surface area contributed by atoms with E-state index in [1.54, 1.807) is 19.1 Å². The Morgan fingerprint density at radius 3 is 2.70 bits per heavy atom. The molecule has 7 nitrogen and oxygen atoms in total. The number of fused-ring (bicyclic) bond motifs is 1. The van der Waals surface area contributed by atoms with Crippen LogP contribution < -0.4 is 25.4 Å². The van der Waals surface area contributed by atoms with Crippen LogP contribution in [0.2, 0.25) is 0 Å². The van der Waals surface area contributed by atoms with E-state index in [2.05, 4.69) is 25.7 Å². The van der Waals surface area contributed by atoms with Crippen molar-refractivity contribution in [1.29, 1.82) is 0 Å². The molecule has 0 aliphatic carbocycles. The first-order chi connectivity index (χ1) is 15.5. The summed E-state index contributed by atoms with van der Waals surface area (Å²) in [5.74, 6) is 0.866. The number of hydrogen-bond acceptors (Lipinski definition) is 4. The minimum absolute atomic E-state index is 0. The number of nitrogens with one attached hydrogen (secondary N) is 3. The van der Waals surface area contributed by atoms with Crippen LogP contribution in [0.25, 0.3) is 0 Å². The molecule has 2 aromatic carbocycles. The molecule has 0 spiro atoms. The number of rotatable bonds is 9. The van der Waals surface area contributed by atoms with E-state index in [1.165, 1.54) is 6.07 Å². The summed E-state index contributed by atoms with van der Waals surface area (Å²) >= 11 is 0. The Morgan fingerprint density at radius 2 is 1.97 bits per heavy atom. The molecule has 0 saturated heterocycles. The maximum absolute atomic E-state index is 12.6. The number of para-hydroxylation sites is 1. The fourth-order valence-corrected chi connectivity index (χ4v) is 3.53. The minimum Gasteiger partial charge on any atom is -0.490 e. The summed E-state index contributed by atoms with van der Waals surface area (Å²) in [6, 6.07) is 12.6. The second kappa shape index (κ2) is 13.2. The third-order valence-corrected chi connectivity index (χ3v) is 4.91. The van der Waals surface area contributed by atoms with Gasteiger partial charge in [-0.05, 0) is 43.2 Å². The molecule has 0 bridgehead atoms. The molecule has 1 aliphatic heterocycles. The minimum atomic E-state index is -2.92. The molecule has 1 heterocycles. The summed E-state index contributed by atoms with van der Waals surface area (Å²) in [4.78, 5) is 16.6. The number of nitrogens with zero attached hydrogens (tertiary/aromatic N) is 1. The molecule has 3 N–H and O–H groups in total. The quantitative estimate of drug-likeness (QED) is 0.234.